The lowest BCUT2D eigenvalue weighted by molar-refractivity contribution is -0.138. The Bertz CT molecular complexity index is 1060. The number of hydrogen-bond acceptors (Lipinski definition) is 7. The first-order valence-corrected chi connectivity index (χ1v) is 11.6. The number of nitrogens with zero attached hydrogens (tertiary/aromatic N) is 4. The third-order valence-electron chi connectivity index (χ3n) is 5.54. The number of alkyl halides is 3. The van der Waals surface area contributed by atoms with Crippen molar-refractivity contribution in [1.29, 1.82) is 0 Å². The summed E-state index contributed by atoms with van der Waals surface area (Å²) in [5.74, 6) is -0.236. The average molecular weight is 458 g/mol. The number of benzene rings is 1. The van der Waals surface area contributed by atoms with Crippen molar-refractivity contribution in [2.24, 2.45) is 5.92 Å². The van der Waals surface area contributed by atoms with E-state index >= 15 is 0 Å². The number of carbonyl (C=O) groups excluding carboxylic acids is 1. The molecule has 1 amide bonds. The van der Waals surface area contributed by atoms with E-state index in [1.54, 1.807) is 4.90 Å². The smallest absolute Gasteiger partial charge is 0.340 e. The Balaban J connectivity index is 1.33. The Hall–Kier alpha value is -2.47. The molecular formula is C19H21F3N4O4S. The van der Waals surface area contributed by atoms with Gasteiger partial charge in [-0.3, -0.25) is 9.69 Å². The molecule has 0 radical (unpaired) electrons. The molecular weight excluding hydrogens is 437 g/mol. The first-order chi connectivity index (χ1) is 14.6. The molecule has 3 heterocycles. The molecule has 1 aromatic carbocycles. The summed E-state index contributed by atoms with van der Waals surface area (Å²) in [4.78, 5) is 20.4. The molecule has 2 saturated heterocycles. The molecule has 0 aliphatic carbocycles. The highest BCUT2D eigenvalue weighted by Gasteiger charge is 2.36. The highest BCUT2D eigenvalue weighted by Crippen LogP contribution is 2.31. The van der Waals surface area contributed by atoms with Crippen molar-refractivity contribution < 1.29 is 30.9 Å². The quantitative estimate of drug-likeness (QED) is 0.690. The first kappa shape index (κ1) is 21.8. The van der Waals surface area contributed by atoms with Gasteiger partial charge < -0.3 is 9.42 Å². The van der Waals surface area contributed by atoms with E-state index in [1.807, 2.05) is 4.90 Å². The number of carbonyl (C=O) groups is 1. The molecule has 0 N–H and O–H groups in total. The molecule has 0 bridgehead atoms. The van der Waals surface area contributed by atoms with Crippen LogP contribution in [-0.2, 0) is 27.4 Å². The Kier molecular flexibility index (Phi) is 5.77. The normalized spacial score (nSPS) is 22.0. The molecule has 1 atom stereocenters. The van der Waals surface area contributed by atoms with Crippen molar-refractivity contribution in [3.8, 4) is 11.4 Å². The van der Waals surface area contributed by atoms with E-state index < -0.39 is 27.5 Å². The zero-order valence-electron chi connectivity index (χ0n) is 16.5. The molecule has 2 aliphatic rings. The molecule has 1 unspecified atom stereocenters. The lowest BCUT2D eigenvalue weighted by Crippen LogP contribution is -2.50. The molecule has 0 spiro atoms. The zero-order valence-corrected chi connectivity index (χ0v) is 17.3. The molecule has 8 nitrogen and oxygen atoms in total. The summed E-state index contributed by atoms with van der Waals surface area (Å²) in [6.45, 7) is 2.33. The second-order valence-corrected chi connectivity index (χ2v) is 10.0. The summed E-state index contributed by atoms with van der Waals surface area (Å²) in [5, 5.41) is 3.78. The summed E-state index contributed by atoms with van der Waals surface area (Å²) in [6, 6.07) is 4.73. The van der Waals surface area contributed by atoms with E-state index in [9.17, 15) is 26.4 Å². The zero-order chi connectivity index (χ0) is 22.2. The van der Waals surface area contributed by atoms with E-state index in [4.69, 9.17) is 4.52 Å². The molecule has 31 heavy (non-hydrogen) atoms. The van der Waals surface area contributed by atoms with Crippen LogP contribution in [0.4, 0.5) is 13.2 Å². The van der Waals surface area contributed by atoms with Crippen LogP contribution in [0.15, 0.2) is 28.8 Å². The number of aromatic nitrogens is 2. The predicted molar refractivity (Wildman–Crippen MR) is 103 cm³/mol. The summed E-state index contributed by atoms with van der Waals surface area (Å²) in [5.41, 5.74) is -0.570. The number of halogens is 3. The van der Waals surface area contributed by atoms with Crippen LogP contribution in [0.5, 0.6) is 0 Å². The third-order valence-corrected chi connectivity index (χ3v) is 7.31. The van der Waals surface area contributed by atoms with Crippen LogP contribution in [0.3, 0.4) is 0 Å². The van der Waals surface area contributed by atoms with E-state index in [2.05, 4.69) is 10.1 Å². The number of piperazine rings is 1. The molecule has 2 aliphatic heterocycles. The molecule has 2 fully saturated rings. The van der Waals surface area contributed by atoms with Crippen LogP contribution < -0.4 is 0 Å². The summed E-state index contributed by atoms with van der Waals surface area (Å²) >= 11 is 0. The van der Waals surface area contributed by atoms with Gasteiger partial charge in [0.1, 0.15) is 0 Å². The van der Waals surface area contributed by atoms with Crippen LogP contribution in [0.1, 0.15) is 17.9 Å². The Morgan fingerprint density at radius 3 is 2.58 bits per heavy atom. The maximum absolute atomic E-state index is 12.9. The monoisotopic (exact) mass is 458 g/mol. The first-order valence-electron chi connectivity index (χ1n) is 9.82. The Morgan fingerprint density at radius 2 is 1.94 bits per heavy atom. The van der Waals surface area contributed by atoms with Gasteiger partial charge in [0, 0.05) is 31.7 Å². The highest BCUT2D eigenvalue weighted by atomic mass is 32.2. The van der Waals surface area contributed by atoms with Crippen molar-refractivity contribution in [3.05, 3.63) is 35.7 Å². The maximum Gasteiger partial charge on any atom is 0.416 e. The maximum atomic E-state index is 12.9. The number of sulfone groups is 1. The fraction of sp³-hybridized carbons (Fsp3) is 0.526. The van der Waals surface area contributed by atoms with Crippen molar-refractivity contribution in [1.82, 2.24) is 19.9 Å². The molecule has 1 aromatic heterocycles. The topological polar surface area (TPSA) is 96.6 Å². The van der Waals surface area contributed by atoms with Gasteiger partial charge in [0.2, 0.25) is 17.6 Å². The molecule has 12 heteroatoms. The second kappa shape index (κ2) is 8.23. The predicted octanol–water partition coefficient (Wildman–Crippen LogP) is 1.83. The van der Waals surface area contributed by atoms with Crippen LogP contribution in [0.25, 0.3) is 11.4 Å². The standard InChI is InChI=1S/C19H21F3N4O4S/c20-19(21,22)15-3-1-2-13(10-15)17-23-16(30-24-17)11-25-5-7-26(8-6-25)18(27)14-4-9-31(28,29)12-14/h1-3,10,14H,4-9,11-12H2. The molecule has 168 valence electrons. The average Bonchev–Trinajstić information content (AvgIpc) is 3.34. The largest absolute Gasteiger partial charge is 0.416 e. The SMILES string of the molecule is O=C(C1CCS(=O)(=O)C1)N1CCN(Cc2nc(-c3cccc(C(F)(F)F)c3)no2)CC1. The van der Waals surface area contributed by atoms with Crippen molar-refractivity contribution in [2.45, 2.75) is 19.1 Å². The van der Waals surface area contributed by atoms with Gasteiger partial charge in [-0.25, -0.2) is 8.42 Å². The summed E-state index contributed by atoms with van der Waals surface area (Å²) < 4.78 is 67.1. The minimum Gasteiger partial charge on any atom is -0.340 e. The fourth-order valence-electron chi connectivity index (χ4n) is 3.84. The highest BCUT2D eigenvalue weighted by molar-refractivity contribution is 7.91. The molecule has 2 aromatic rings. The van der Waals surface area contributed by atoms with Gasteiger partial charge >= 0.3 is 6.18 Å². The fourth-order valence-corrected chi connectivity index (χ4v) is 5.57. The molecule has 4 rings (SSSR count). The van der Waals surface area contributed by atoms with Crippen molar-refractivity contribution in [2.75, 3.05) is 37.7 Å². The number of amides is 1. The van der Waals surface area contributed by atoms with Crippen LogP contribution in [-0.4, -0.2) is 72.0 Å². The van der Waals surface area contributed by atoms with Gasteiger partial charge in [0.25, 0.3) is 0 Å². The molecule has 0 saturated carbocycles. The summed E-state index contributed by atoms with van der Waals surface area (Å²) in [6.07, 6.45) is -4.08. The lowest BCUT2D eigenvalue weighted by Gasteiger charge is -2.35. The minimum atomic E-state index is -4.46. The van der Waals surface area contributed by atoms with E-state index in [0.29, 0.717) is 39.1 Å². The van der Waals surface area contributed by atoms with Gasteiger partial charge in [-0.2, -0.15) is 18.2 Å². The van der Waals surface area contributed by atoms with E-state index in [0.717, 1.165) is 12.1 Å². The minimum absolute atomic E-state index is 0.0642. The van der Waals surface area contributed by atoms with Gasteiger partial charge in [-0.1, -0.05) is 17.3 Å². The van der Waals surface area contributed by atoms with Gasteiger partial charge in [-0.05, 0) is 18.6 Å². The van der Waals surface area contributed by atoms with Crippen LogP contribution in [0.2, 0.25) is 0 Å². The third kappa shape index (κ3) is 5.06. The number of hydrogen-bond donors (Lipinski definition) is 0. The van der Waals surface area contributed by atoms with E-state index in [1.165, 1.54) is 12.1 Å². The van der Waals surface area contributed by atoms with Gasteiger partial charge in [-0.15, -0.1) is 0 Å². The van der Waals surface area contributed by atoms with Gasteiger partial charge in [0.15, 0.2) is 9.84 Å². The van der Waals surface area contributed by atoms with Crippen LogP contribution in [0, 0.1) is 5.92 Å². The lowest BCUT2D eigenvalue weighted by atomic mass is 10.1. The number of rotatable bonds is 4. The van der Waals surface area contributed by atoms with Crippen molar-refractivity contribution >= 4 is 15.7 Å². The van der Waals surface area contributed by atoms with Gasteiger partial charge in [0.05, 0.1) is 29.5 Å². The second-order valence-electron chi connectivity index (χ2n) is 7.79. The van der Waals surface area contributed by atoms with Crippen LogP contribution >= 0.6 is 0 Å². The Morgan fingerprint density at radius 1 is 1.19 bits per heavy atom. The van der Waals surface area contributed by atoms with Crippen molar-refractivity contribution in [3.63, 3.8) is 0 Å². The summed E-state index contributed by atoms with van der Waals surface area (Å²) in [7, 11) is -3.11. The Labute approximate surface area is 176 Å². The van der Waals surface area contributed by atoms with E-state index in [-0.39, 0.29) is 34.7 Å².